The predicted molar refractivity (Wildman–Crippen MR) is 24.0 cm³/mol. The van der Waals surface area contributed by atoms with Gasteiger partial charge in [-0.15, -0.1) is 12.4 Å². The van der Waals surface area contributed by atoms with Gasteiger partial charge in [-0.2, -0.15) is 0 Å². The third-order valence-corrected chi connectivity index (χ3v) is 0. The Kier molecular flexibility index (Phi) is 54.2. The van der Waals surface area contributed by atoms with Crippen LogP contribution in [0.3, 0.4) is 0 Å². The zero-order valence-corrected chi connectivity index (χ0v) is 7.86. The van der Waals surface area contributed by atoms with Crippen LogP contribution in [0.1, 0.15) is 1.43 Å². The Labute approximate surface area is 91.2 Å². The first-order valence-corrected chi connectivity index (χ1v) is 0.651. The van der Waals surface area contributed by atoms with Crippen LogP contribution in [0.25, 0.3) is 0 Å². The van der Waals surface area contributed by atoms with Crippen LogP contribution in [0.2, 0.25) is 0 Å². The van der Waals surface area contributed by atoms with Crippen molar-refractivity contribution in [2.24, 2.45) is 0 Å². The summed E-state index contributed by atoms with van der Waals surface area (Å²) in [5.74, 6) is 0. The second kappa shape index (κ2) is 15.7. The second-order valence-corrected chi connectivity index (χ2v) is 0.283. The summed E-state index contributed by atoms with van der Waals surface area (Å²) in [7, 11) is 0. The number of carboxylic acid groups (broad SMARTS) is 2. The molecule has 0 heterocycles. The van der Waals surface area contributed by atoms with Gasteiger partial charge in [0, 0.05) is 0 Å². The second-order valence-electron chi connectivity index (χ2n) is 0.283. The summed E-state index contributed by atoms with van der Waals surface area (Å²) in [5.41, 5.74) is 0. The Balaban J connectivity index is -0.00000000750. The first-order valence-electron chi connectivity index (χ1n) is 0.651. The number of hydrogen-bond acceptors (Lipinski definition) is 2. The molecule has 0 saturated heterocycles. The van der Waals surface area contributed by atoms with Crippen molar-refractivity contribution in [3.8, 4) is 0 Å². The van der Waals surface area contributed by atoms with Crippen LogP contribution in [0.15, 0.2) is 0 Å². The van der Waals surface area contributed by atoms with Gasteiger partial charge in [0.2, 0.25) is 0 Å². The van der Waals surface area contributed by atoms with E-state index in [1.54, 1.807) is 0 Å². The molecule has 42 valence electrons. The van der Waals surface area contributed by atoms with Gasteiger partial charge in [-0.05, 0) is 0 Å². The molecule has 6 heteroatoms. The van der Waals surface area contributed by atoms with Gasteiger partial charge in [-0.1, -0.05) is 0 Å². The molecule has 0 atom stereocenters. The molecule has 0 amide bonds. The normalized spacial score (nSPS) is 3.43. The van der Waals surface area contributed by atoms with Crippen molar-refractivity contribution < 1.29 is 67.8 Å². The molecule has 7 heavy (non-hydrogen) atoms. The van der Waals surface area contributed by atoms with Gasteiger partial charge >= 0.3 is 57.5 Å². The van der Waals surface area contributed by atoms with Crippen molar-refractivity contribution in [3.63, 3.8) is 0 Å². The number of carbonyl (C=O) groups is 1. The van der Waals surface area contributed by atoms with Crippen LogP contribution < -0.4 is 57.5 Å². The molecule has 0 aromatic rings. The summed E-state index contributed by atoms with van der Waals surface area (Å²) in [4.78, 5) is 8.56. The van der Waals surface area contributed by atoms with E-state index < -0.39 is 6.16 Å². The molecular weight excluding hydrogens is 149 g/mol. The zero-order valence-electron chi connectivity index (χ0n) is 4.92. The molecule has 0 spiro atoms. The SMILES string of the molecule is Cl.N.O=C(O)O.[H-].[K+]. The van der Waals surface area contributed by atoms with E-state index in [-0.39, 0.29) is 71.4 Å². The summed E-state index contributed by atoms with van der Waals surface area (Å²) in [6.45, 7) is 0. The maximum atomic E-state index is 8.56. The molecule has 0 aliphatic heterocycles. The molecule has 0 aliphatic rings. The van der Waals surface area contributed by atoms with E-state index in [0.717, 1.165) is 0 Å². The van der Waals surface area contributed by atoms with Crippen molar-refractivity contribution in [1.82, 2.24) is 6.15 Å². The summed E-state index contributed by atoms with van der Waals surface area (Å²) < 4.78 is 0. The van der Waals surface area contributed by atoms with E-state index in [0.29, 0.717) is 0 Å². The number of halogens is 1. The van der Waals surface area contributed by atoms with Crippen LogP contribution in [-0.4, -0.2) is 16.4 Å². The van der Waals surface area contributed by atoms with E-state index >= 15 is 0 Å². The van der Waals surface area contributed by atoms with E-state index in [1.165, 1.54) is 0 Å². The molecular formula is CH7ClKNO3. The summed E-state index contributed by atoms with van der Waals surface area (Å²) in [6, 6.07) is 0. The molecule has 0 aliphatic carbocycles. The van der Waals surface area contributed by atoms with Gasteiger partial charge in [0.1, 0.15) is 0 Å². The maximum absolute atomic E-state index is 8.56. The molecule has 0 saturated carbocycles. The Morgan fingerprint density at radius 1 is 1.43 bits per heavy atom. The van der Waals surface area contributed by atoms with Crippen LogP contribution >= 0.6 is 12.4 Å². The fourth-order valence-corrected chi connectivity index (χ4v) is 0. The standard InChI is InChI=1S/CH2O3.ClH.K.H3N.H/c2-1(3)4;;;;/h(H2,2,3,4);1H;;1H3;/q;;+1;;-1. The largest absolute Gasteiger partial charge is 1.00 e. The Morgan fingerprint density at radius 2 is 1.43 bits per heavy atom. The molecule has 0 rings (SSSR count). The smallest absolute Gasteiger partial charge is 1.00 e. The molecule has 0 aromatic heterocycles. The van der Waals surface area contributed by atoms with Gasteiger partial charge < -0.3 is 17.8 Å². The first-order chi connectivity index (χ1) is 1.73. The summed E-state index contributed by atoms with van der Waals surface area (Å²) in [6.07, 6.45) is -1.83. The van der Waals surface area contributed by atoms with E-state index in [9.17, 15) is 0 Å². The van der Waals surface area contributed by atoms with Crippen LogP contribution in [0.4, 0.5) is 4.79 Å². The minimum Gasteiger partial charge on any atom is -1.00 e. The topological polar surface area (TPSA) is 92.5 Å². The summed E-state index contributed by atoms with van der Waals surface area (Å²) >= 11 is 0. The Bertz CT molecular complexity index is 42.3. The molecule has 4 nitrogen and oxygen atoms in total. The Hall–Kier alpha value is 1.16. The molecule has 0 unspecified atom stereocenters. The van der Waals surface area contributed by atoms with E-state index in [2.05, 4.69) is 0 Å². The number of rotatable bonds is 0. The zero-order chi connectivity index (χ0) is 3.58. The van der Waals surface area contributed by atoms with Gasteiger partial charge in [-0.3, -0.25) is 0 Å². The quantitative estimate of drug-likeness (QED) is 0.350. The molecule has 0 radical (unpaired) electrons. The van der Waals surface area contributed by atoms with Crippen molar-refractivity contribution >= 4 is 18.6 Å². The van der Waals surface area contributed by atoms with Gasteiger partial charge in [0.05, 0.1) is 0 Å². The molecule has 0 bridgehead atoms. The predicted octanol–water partition coefficient (Wildman–Crippen LogP) is -2.08. The van der Waals surface area contributed by atoms with E-state index in [1.807, 2.05) is 0 Å². The first kappa shape index (κ1) is 24.2. The summed E-state index contributed by atoms with van der Waals surface area (Å²) in [5, 5.41) is 13.9. The van der Waals surface area contributed by atoms with Crippen LogP contribution in [0, 0.1) is 0 Å². The average Bonchev–Trinajstić information content (AvgIpc) is 0.811. The minimum atomic E-state index is -1.83. The van der Waals surface area contributed by atoms with Gasteiger partial charge in [0.15, 0.2) is 0 Å². The fraction of sp³-hybridized carbons (Fsp3) is 0. The van der Waals surface area contributed by atoms with E-state index in [4.69, 9.17) is 15.0 Å². The van der Waals surface area contributed by atoms with Crippen LogP contribution in [-0.2, 0) is 0 Å². The average molecular weight is 156 g/mol. The fourth-order valence-electron chi connectivity index (χ4n) is 0. The van der Waals surface area contributed by atoms with Crippen molar-refractivity contribution in [2.45, 2.75) is 0 Å². The van der Waals surface area contributed by atoms with Gasteiger partial charge in [-0.25, -0.2) is 4.79 Å². The molecule has 0 fully saturated rings. The third-order valence-electron chi connectivity index (χ3n) is 0. The molecule has 5 N–H and O–H groups in total. The van der Waals surface area contributed by atoms with Crippen molar-refractivity contribution in [3.05, 3.63) is 0 Å². The molecule has 0 aromatic carbocycles. The Morgan fingerprint density at radius 3 is 1.43 bits per heavy atom. The minimum absolute atomic E-state index is 0. The van der Waals surface area contributed by atoms with Gasteiger partial charge in [0.25, 0.3) is 0 Å². The third kappa shape index (κ3) is 142. The van der Waals surface area contributed by atoms with Crippen molar-refractivity contribution in [1.29, 1.82) is 0 Å². The van der Waals surface area contributed by atoms with Crippen LogP contribution in [0.5, 0.6) is 0 Å². The maximum Gasteiger partial charge on any atom is 1.00 e. The monoisotopic (exact) mass is 155 g/mol. The van der Waals surface area contributed by atoms with Crippen molar-refractivity contribution in [2.75, 3.05) is 0 Å². The number of hydrogen-bond donors (Lipinski definition) is 3.